The third kappa shape index (κ3) is 2.39. The van der Waals surface area contributed by atoms with Crippen LogP contribution in [0.15, 0.2) is 58.5 Å². The van der Waals surface area contributed by atoms with E-state index in [2.05, 4.69) is 34.4 Å². The zero-order valence-corrected chi connectivity index (χ0v) is 11.2. The average Bonchev–Trinajstić information content (AvgIpc) is 2.46. The molecule has 0 aliphatic rings. The van der Waals surface area contributed by atoms with Crippen molar-refractivity contribution in [3.05, 3.63) is 59.1 Å². The van der Waals surface area contributed by atoms with Crippen LogP contribution in [0.4, 0.5) is 0 Å². The van der Waals surface area contributed by atoms with Crippen LogP contribution < -0.4 is 5.56 Å². The van der Waals surface area contributed by atoms with E-state index >= 15 is 0 Å². The maximum absolute atomic E-state index is 11.2. The van der Waals surface area contributed by atoms with Crippen molar-refractivity contribution in [3.8, 4) is 11.1 Å². The fourth-order valence-electron chi connectivity index (χ4n) is 2.00. The first kappa shape index (κ1) is 12.0. The zero-order valence-electron chi connectivity index (χ0n) is 10.4. The largest absolute Gasteiger partial charge is 0.328 e. The molecule has 0 aliphatic heterocycles. The monoisotopic (exact) mass is 268 g/mol. The smallest absolute Gasteiger partial charge is 0.250 e. The molecular formula is C15H12N2OS. The standard InChI is InChI=1S/C15H12N2OS/c1-19-13-4-2-3-10(6-13)11-5-12-9-17-15(18)7-14(12)16-8-11/h2-9H,1H3,(H,17,18). The van der Waals surface area contributed by atoms with Crippen molar-refractivity contribution in [3.63, 3.8) is 0 Å². The maximum atomic E-state index is 11.2. The quantitative estimate of drug-likeness (QED) is 0.725. The van der Waals surface area contributed by atoms with Gasteiger partial charge in [0.05, 0.1) is 5.52 Å². The molecular weight excluding hydrogens is 256 g/mol. The fourth-order valence-corrected chi connectivity index (χ4v) is 2.46. The Balaban J connectivity index is 2.14. The van der Waals surface area contributed by atoms with E-state index in [1.165, 1.54) is 11.0 Å². The summed E-state index contributed by atoms with van der Waals surface area (Å²) in [6.45, 7) is 0. The van der Waals surface area contributed by atoms with Crippen molar-refractivity contribution < 1.29 is 0 Å². The van der Waals surface area contributed by atoms with Gasteiger partial charge in [0, 0.05) is 34.3 Å². The second-order valence-electron chi connectivity index (χ2n) is 4.23. The fraction of sp³-hybridized carbons (Fsp3) is 0.0667. The van der Waals surface area contributed by atoms with Crippen LogP contribution in [0, 0.1) is 0 Å². The van der Waals surface area contributed by atoms with Crippen molar-refractivity contribution in [2.45, 2.75) is 4.90 Å². The van der Waals surface area contributed by atoms with E-state index in [0.29, 0.717) is 5.52 Å². The minimum Gasteiger partial charge on any atom is -0.328 e. The molecule has 3 aromatic rings. The maximum Gasteiger partial charge on any atom is 0.250 e. The van der Waals surface area contributed by atoms with Crippen molar-refractivity contribution in [2.24, 2.45) is 0 Å². The predicted molar refractivity (Wildman–Crippen MR) is 79.6 cm³/mol. The molecule has 0 amide bonds. The number of pyridine rings is 2. The van der Waals surface area contributed by atoms with E-state index in [-0.39, 0.29) is 5.56 Å². The number of benzene rings is 1. The highest BCUT2D eigenvalue weighted by molar-refractivity contribution is 7.98. The van der Waals surface area contributed by atoms with Gasteiger partial charge in [-0.05, 0) is 30.0 Å². The van der Waals surface area contributed by atoms with Gasteiger partial charge in [0.1, 0.15) is 0 Å². The van der Waals surface area contributed by atoms with Crippen molar-refractivity contribution in [1.82, 2.24) is 9.97 Å². The molecule has 19 heavy (non-hydrogen) atoms. The van der Waals surface area contributed by atoms with E-state index in [9.17, 15) is 4.79 Å². The highest BCUT2D eigenvalue weighted by atomic mass is 32.2. The number of rotatable bonds is 2. The molecule has 2 aromatic heterocycles. The first-order valence-corrected chi connectivity index (χ1v) is 7.12. The van der Waals surface area contributed by atoms with Gasteiger partial charge in [-0.1, -0.05) is 12.1 Å². The Morgan fingerprint density at radius 1 is 1.16 bits per heavy atom. The molecule has 4 heteroatoms. The molecule has 3 rings (SSSR count). The minimum atomic E-state index is -0.128. The number of thioether (sulfide) groups is 1. The number of aromatic amines is 1. The Kier molecular flexibility index (Phi) is 3.09. The van der Waals surface area contributed by atoms with Crippen LogP contribution in [0.3, 0.4) is 0 Å². The summed E-state index contributed by atoms with van der Waals surface area (Å²) < 4.78 is 0. The molecule has 0 saturated carbocycles. The number of aromatic nitrogens is 2. The topological polar surface area (TPSA) is 45.8 Å². The van der Waals surface area contributed by atoms with Gasteiger partial charge in [-0.2, -0.15) is 0 Å². The number of nitrogens with one attached hydrogen (secondary N) is 1. The molecule has 2 heterocycles. The molecule has 1 N–H and O–H groups in total. The lowest BCUT2D eigenvalue weighted by Crippen LogP contribution is -2.02. The first-order chi connectivity index (χ1) is 9.26. The molecule has 0 unspecified atom stereocenters. The number of hydrogen-bond acceptors (Lipinski definition) is 3. The number of nitrogens with zero attached hydrogens (tertiary/aromatic N) is 1. The molecule has 0 saturated heterocycles. The highest BCUT2D eigenvalue weighted by Gasteiger charge is 2.02. The lowest BCUT2D eigenvalue weighted by molar-refractivity contribution is 1.25. The van der Waals surface area contributed by atoms with E-state index in [0.717, 1.165) is 16.5 Å². The van der Waals surface area contributed by atoms with Crippen LogP contribution in [-0.4, -0.2) is 16.2 Å². The number of H-pyrrole nitrogens is 1. The lowest BCUT2D eigenvalue weighted by Gasteiger charge is -2.05. The second-order valence-corrected chi connectivity index (χ2v) is 5.11. The summed E-state index contributed by atoms with van der Waals surface area (Å²) in [5.74, 6) is 0. The van der Waals surface area contributed by atoms with E-state index in [4.69, 9.17) is 0 Å². The van der Waals surface area contributed by atoms with Gasteiger partial charge in [-0.3, -0.25) is 9.78 Å². The van der Waals surface area contributed by atoms with Crippen LogP contribution in [0.1, 0.15) is 0 Å². The Morgan fingerprint density at radius 3 is 2.89 bits per heavy atom. The van der Waals surface area contributed by atoms with E-state index < -0.39 is 0 Å². The van der Waals surface area contributed by atoms with Gasteiger partial charge in [0.2, 0.25) is 5.56 Å². The van der Waals surface area contributed by atoms with Crippen LogP contribution >= 0.6 is 11.8 Å². The molecule has 0 aliphatic carbocycles. The summed E-state index contributed by atoms with van der Waals surface area (Å²) in [4.78, 5) is 19.5. The Hall–Kier alpha value is -2.07. The van der Waals surface area contributed by atoms with Crippen molar-refractivity contribution >= 4 is 22.7 Å². The summed E-state index contributed by atoms with van der Waals surface area (Å²) in [5.41, 5.74) is 2.77. The lowest BCUT2D eigenvalue weighted by atomic mass is 10.1. The molecule has 3 nitrogen and oxygen atoms in total. The highest BCUT2D eigenvalue weighted by Crippen LogP contribution is 2.25. The van der Waals surface area contributed by atoms with Gasteiger partial charge < -0.3 is 4.98 Å². The normalized spacial score (nSPS) is 10.8. The molecule has 0 spiro atoms. The van der Waals surface area contributed by atoms with Gasteiger partial charge in [-0.15, -0.1) is 11.8 Å². The van der Waals surface area contributed by atoms with Crippen molar-refractivity contribution in [2.75, 3.05) is 6.26 Å². The second kappa shape index (κ2) is 4.90. The average molecular weight is 268 g/mol. The summed E-state index contributed by atoms with van der Waals surface area (Å²) in [6.07, 6.45) is 5.57. The van der Waals surface area contributed by atoms with E-state index in [1.54, 1.807) is 24.2 Å². The van der Waals surface area contributed by atoms with Gasteiger partial charge in [0.15, 0.2) is 0 Å². The predicted octanol–water partition coefficient (Wildman–Crippen LogP) is 3.31. The first-order valence-electron chi connectivity index (χ1n) is 5.89. The van der Waals surface area contributed by atoms with Crippen molar-refractivity contribution in [1.29, 1.82) is 0 Å². The Morgan fingerprint density at radius 2 is 2.05 bits per heavy atom. The van der Waals surface area contributed by atoms with Crippen LogP contribution in [-0.2, 0) is 0 Å². The van der Waals surface area contributed by atoms with Crippen LogP contribution in [0.25, 0.3) is 22.0 Å². The number of hydrogen-bond donors (Lipinski definition) is 1. The van der Waals surface area contributed by atoms with Gasteiger partial charge in [0.25, 0.3) is 0 Å². The van der Waals surface area contributed by atoms with Gasteiger partial charge in [-0.25, -0.2) is 0 Å². The molecule has 0 fully saturated rings. The Labute approximate surface area is 114 Å². The molecule has 94 valence electrons. The third-order valence-electron chi connectivity index (χ3n) is 2.99. The Bertz CT molecular complexity index is 795. The summed E-state index contributed by atoms with van der Waals surface area (Å²) in [5, 5.41) is 0.937. The van der Waals surface area contributed by atoms with Crippen LogP contribution in [0.5, 0.6) is 0 Å². The SMILES string of the molecule is CSc1cccc(-c2cnc3cc(=O)[nH]cc3c2)c1. The molecule has 0 radical (unpaired) electrons. The summed E-state index contributed by atoms with van der Waals surface area (Å²) in [7, 11) is 0. The molecule has 0 bridgehead atoms. The summed E-state index contributed by atoms with van der Waals surface area (Å²) in [6, 6.07) is 11.9. The van der Waals surface area contributed by atoms with E-state index in [1.807, 2.05) is 12.1 Å². The van der Waals surface area contributed by atoms with Gasteiger partial charge >= 0.3 is 0 Å². The zero-order chi connectivity index (χ0) is 13.2. The summed E-state index contributed by atoms with van der Waals surface area (Å²) >= 11 is 1.72. The van der Waals surface area contributed by atoms with Crippen LogP contribution in [0.2, 0.25) is 0 Å². The molecule has 1 aromatic carbocycles. The minimum absolute atomic E-state index is 0.128. The molecule has 0 atom stereocenters. The third-order valence-corrected chi connectivity index (χ3v) is 3.72. The number of fused-ring (bicyclic) bond motifs is 1.